The molecule has 1 aliphatic heterocycles. The van der Waals surface area contributed by atoms with Crippen LogP contribution < -0.4 is 4.74 Å². The van der Waals surface area contributed by atoms with Gasteiger partial charge in [0.25, 0.3) is 0 Å². The fourth-order valence-electron chi connectivity index (χ4n) is 3.13. The summed E-state index contributed by atoms with van der Waals surface area (Å²) < 4.78 is 5.79. The van der Waals surface area contributed by atoms with Crippen LogP contribution in [-0.2, 0) is 17.9 Å². The largest absolute Gasteiger partial charge is 0.489 e. The Hall–Kier alpha value is -2.04. The molecule has 3 rings (SSSR count). The first kappa shape index (κ1) is 17.8. The SMILES string of the molecule is O=C(O)C1CCCCN1Cc1ccc(OCc2ccc(Cl)cc2)cc1. The number of carboxylic acids is 1. The maximum absolute atomic E-state index is 11.4. The molecule has 0 saturated carbocycles. The van der Waals surface area contributed by atoms with E-state index in [1.54, 1.807) is 0 Å². The van der Waals surface area contributed by atoms with Gasteiger partial charge in [-0.15, -0.1) is 0 Å². The Morgan fingerprint density at radius 2 is 1.76 bits per heavy atom. The Balaban J connectivity index is 1.56. The van der Waals surface area contributed by atoms with E-state index in [4.69, 9.17) is 16.3 Å². The lowest BCUT2D eigenvalue weighted by atomic mass is 10.0. The van der Waals surface area contributed by atoms with Gasteiger partial charge in [-0.2, -0.15) is 0 Å². The molecule has 1 atom stereocenters. The number of carboxylic acid groups (broad SMARTS) is 1. The minimum Gasteiger partial charge on any atom is -0.489 e. The summed E-state index contributed by atoms with van der Waals surface area (Å²) in [5.41, 5.74) is 2.16. The zero-order valence-electron chi connectivity index (χ0n) is 14.0. The summed E-state index contributed by atoms with van der Waals surface area (Å²) in [6.07, 6.45) is 2.79. The molecular weight excluding hydrogens is 338 g/mol. The second-order valence-electron chi connectivity index (χ2n) is 6.38. The second-order valence-corrected chi connectivity index (χ2v) is 6.82. The van der Waals surface area contributed by atoms with Crippen LogP contribution in [0.1, 0.15) is 30.4 Å². The average molecular weight is 360 g/mol. The van der Waals surface area contributed by atoms with E-state index in [0.717, 1.165) is 42.7 Å². The number of piperidine rings is 1. The number of ether oxygens (including phenoxy) is 1. The molecule has 1 heterocycles. The van der Waals surface area contributed by atoms with E-state index in [-0.39, 0.29) is 6.04 Å². The molecule has 0 aromatic heterocycles. The molecule has 1 unspecified atom stereocenters. The minimum absolute atomic E-state index is 0.366. The summed E-state index contributed by atoms with van der Waals surface area (Å²) in [5, 5.41) is 10.1. The van der Waals surface area contributed by atoms with E-state index in [1.807, 2.05) is 48.5 Å². The summed E-state index contributed by atoms with van der Waals surface area (Å²) >= 11 is 5.87. The predicted molar refractivity (Wildman–Crippen MR) is 97.9 cm³/mol. The number of halogens is 1. The molecule has 0 radical (unpaired) electrons. The second kappa shape index (κ2) is 8.37. The molecule has 2 aromatic carbocycles. The number of benzene rings is 2. The monoisotopic (exact) mass is 359 g/mol. The van der Waals surface area contributed by atoms with Crippen LogP contribution in [0.15, 0.2) is 48.5 Å². The van der Waals surface area contributed by atoms with Gasteiger partial charge in [0.2, 0.25) is 0 Å². The van der Waals surface area contributed by atoms with E-state index >= 15 is 0 Å². The molecule has 1 aliphatic rings. The van der Waals surface area contributed by atoms with Crippen molar-refractivity contribution in [1.29, 1.82) is 0 Å². The molecule has 1 fully saturated rings. The summed E-state index contributed by atoms with van der Waals surface area (Å²) in [6, 6.07) is 15.1. The van der Waals surface area contributed by atoms with E-state index in [2.05, 4.69) is 4.90 Å². The molecule has 2 aromatic rings. The third kappa shape index (κ3) is 4.97. The summed E-state index contributed by atoms with van der Waals surface area (Å²) in [7, 11) is 0. The third-order valence-corrected chi connectivity index (χ3v) is 4.78. The van der Waals surface area contributed by atoms with Crippen LogP contribution >= 0.6 is 11.6 Å². The zero-order chi connectivity index (χ0) is 17.6. The van der Waals surface area contributed by atoms with Crippen LogP contribution in [0.25, 0.3) is 0 Å². The minimum atomic E-state index is -0.720. The number of aliphatic carboxylic acids is 1. The lowest BCUT2D eigenvalue weighted by molar-refractivity contribution is -0.144. The molecule has 0 aliphatic carbocycles. The first-order valence-corrected chi connectivity index (χ1v) is 8.92. The van der Waals surface area contributed by atoms with Gasteiger partial charge in [0, 0.05) is 11.6 Å². The molecular formula is C20H22ClNO3. The topological polar surface area (TPSA) is 49.8 Å². The van der Waals surface area contributed by atoms with E-state index < -0.39 is 5.97 Å². The average Bonchev–Trinajstić information content (AvgIpc) is 2.63. The fourth-order valence-corrected chi connectivity index (χ4v) is 3.26. The van der Waals surface area contributed by atoms with Crippen molar-refractivity contribution in [3.8, 4) is 5.75 Å². The van der Waals surface area contributed by atoms with Gasteiger partial charge in [0.15, 0.2) is 0 Å². The highest BCUT2D eigenvalue weighted by atomic mass is 35.5. The number of carbonyl (C=O) groups is 1. The van der Waals surface area contributed by atoms with Gasteiger partial charge in [-0.1, -0.05) is 42.3 Å². The quantitative estimate of drug-likeness (QED) is 0.832. The van der Waals surface area contributed by atoms with Crippen molar-refractivity contribution in [2.24, 2.45) is 0 Å². The van der Waals surface area contributed by atoms with Gasteiger partial charge in [-0.3, -0.25) is 9.69 Å². The van der Waals surface area contributed by atoms with Crippen LogP contribution in [-0.4, -0.2) is 28.6 Å². The Morgan fingerprint density at radius 3 is 2.44 bits per heavy atom. The molecule has 4 nitrogen and oxygen atoms in total. The van der Waals surface area contributed by atoms with Gasteiger partial charge < -0.3 is 9.84 Å². The normalized spacial score (nSPS) is 18.0. The predicted octanol–water partition coefficient (Wildman–Crippen LogP) is 4.36. The van der Waals surface area contributed by atoms with E-state index in [9.17, 15) is 9.90 Å². The maximum Gasteiger partial charge on any atom is 0.320 e. The van der Waals surface area contributed by atoms with Crippen molar-refractivity contribution in [1.82, 2.24) is 4.90 Å². The van der Waals surface area contributed by atoms with Gasteiger partial charge in [0.1, 0.15) is 18.4 Å². The van der Waals surface area contributed by atoms with Crippen molar-refractivity contribution in [2.75, 3.05) is 6.54 Å². The number of rotatable bonds is 6. The number of hydrogen-bond donors (Lipinski definition) is 1. The highest BCUT2D eigenvalue weighted by molar-refractivity contribution is 6.30. The first-order valence-electron chi connectivity index (χ1n) is 8.55. The highest BCUT2D eigenvalue weighted by Crippen LogP contribution is 2.21. The van der Waals surface area contributed by atoms with Gasteiger partial charge in [-0.25, -0.2) is 0 Å². The number of hydrogen-bond acceptors (Lipinski definition) is 3. The molecule has 0 amide bonds. The van der Waals surface area contributed by atoms with Crippen molar-refractivity contribution >= 4 is 17.6 Å². The van der Waals surface area contributed by atoms with Crippen LogP contribution in [0.5, 0.6) is 5.75 Å². The Kier molecular flexibility index (Phi) is 5.95. The lowest BCUT2D eigenvalue weighted by Gasteiger charge is -2.32. The number of nitrogens with zero attached hydrogens (tertiary/aromatic N) is 1. The summed E-state index contributed by atoms with van der Waals surface area (Å²) in [6.45, 7) is 1.99. The van der Waals surface area contributed by atoms with Gasteiger partial charge in [0.05, 0.1) is 0 Å². The van der Waals surface area contributed by atoms with Crippen molar-refractivity contribution in [3.63, 3.8) is 0 Å². The molecule has 0 bridgehead atoms. The van der Waals surface area contributed by atoms with Crippen LogP contribution in [0, 0.1) is 0 Å². The zero-order valence-corrected chi connectivity index (χ0v) is 14.8. The van der Waals surface area contributed by atoms with Crippen LogP contribution in [0.4, 0.5) is 0 Å². The van der Waals surface area contributed by atoms with Crippen molar-refractivity contribution in [3.05, 3.63) is 64.7 Å². The van der Waals surface area contributed by atoms with Crippen LogP contribution in [0.3, 0.4) is 0 Å². The molecule has 25 heavy (non-hydrogen) atoms. The highest BCUT2D eigenvalue weighted by Gasteiger charge is 2.28. The Labute approximate surface area is 153 Å². The van der Waals surface area contributed by atoms with E-state index in [0.29, 0.717) is 18.2 Å². The smallest absolute Gasteiger partial charge is 0.320 e. The van der Waals surface area contributed by atoms with E-state index in [1.165, 1.54) is 0 Å². The molecule has 0 spiro atoms. The van der Waals surface area contributed by atoms with Crippen LogP contribution in [0.2, 0.25) is 5.02 Å². The Morgan fingerprint density at radius 1 is 1.08 bits per heavy atom. The Bertz CT molecular complexity index is 700. The van der Waals surface area contributed by atoms with Crippen molar-refractivity contribution < 1.29 is 14.6 Å². The summed E-state index contributed by atoms with van der Waals surface area (Å²) in [5.74, 6) is 0.0785. The molecule has 1 saturated heterocycles. The van der Waals surface area contributed by atoms with Gasteiger partial charge in [-0.05, 0) is 54.8 Å². The fraction of sp³-hybridized carbons (Fsp3) is 0.350. The summed E-state index contributed by atoms with van der Waals surface area (Å²) in [4.78, 5) is 13.4. The standard InChI is InChI=1S/C20H22ClNO3/c21-17-8-4-16(5-9-17)14-25-18-10-6-15(7-11-18)13-22-12-2-1-3-19(22)20(23)24/h4-11,19H,1-3,12-14H2,(H,23,24). The molecule has 1 N–H and O–H groups in total. The molecule has 132 valence electrons. The van der Waals surface area contributed by atoms with Gasteiger partial charge >= 0.3 is 5.97 Å². The first-order chi connectivity index (χ1) is 12.1. The third-order valence-electron chi connectivity index (χ3n) is 4.53. The molecule has 5 heteroatoms. The number of likely N-dealkylation sites (tertiary alicyclic amines) is 1. The maximum atomic E-state index is 11.4. The van der Waals surface area contributed by atoms with Crippen molar-refractivity contribution in [2.45, 2.75) is 38.5 Å². The lowest BCUT2D eigenvalue weighted by Crippen LogP contribution is -2.43.